The average Bonchev–Trinajstić information content (AvgIpc) is 2.83. The Morgan fingerprint density at radius 1 is 1.25 bits per heavy atom. The number of ether oxygens (including phenoxy) is 1. The van der Waals surface area contributed by atoms with E-state index < -0.39 is 0 Å². The fourth-order valence-electron chi connectivity index (χ4n) is 2.20. The summed E-state index contributed by atoms with van der Waals surface area (Å²) >= 11 is 0. The van der Waals surface area contributed by atoms with Gasteiger partial charge in [-0.05, 0) is 38.2 Å². The molecule has 0 spiro atoms. The maximum Gasteiger partial charge on any atom is 0.335 e. The molecule has 0 radical (unpaired) electrons. The van der Waals surface area contributed by atoms with Crippen molar-refractivity contribution in [1.82, 2.24) is 24.7 Å². The smallest absolute Gasteiger partial charge is 0.335 e. The van der Waals surface area contributed by atoms with E-state index in [0.717, 1.165) is 18.4 Å². The zero-order valence-corrected chi connectivity index (χ0v) is 11.6. The van der Waals surface area contributed by atoms with Gasteiger partial charge in [0.1, 0.15) is 12.4 Å². The second-order valence-electron chi connectivity index (χ2n) is 5.38. The molecule has 106 valence electrons. The number of hydrogen-bond acceptors (Lipinski definition) is 6. The zero-order valence-electron chi connectivity index (χ0n) is 11.6. The Morgan fingerprint density at radius 3 is 2.55 bits per heavy atom. The second kappa shape index (κ2) is 5.07. The lowest BCUT2D eigenvalue weighted by molar-refractivity contribution is 0.0875. The van der Waals surface area contributed by atoms with E-state index in [4.69, 9.17) is 10.5 Å². The molecule has 2 N–H and O–H groups in total. The molecule has 0 atom stereocenters. The summed E-state index contributed by atoms with van der Waals surface area (Å²) in [7, 11) is 0. The van der Waals surface area contributed by atoms with Crippen LogP contribution < -0.4 is 10.5 Å². The largest absolute Gasteiger partial charge is 0.459 e. The number of nitrogens with two attached hydrogens (primary N) is 1. The van der Waals surface area contributed by atoms with Crippen molar-refractivity contribution in [2.75, 3.05) is 5.73 Å². The molecule has 1 aliphatic rings. The summed E-state index contributed by atoms with van der Waals surface area (Å²) in [6.07, 6.45) is 7.31. The van der Waals surface area contributed by atoms with E-state index in [1.165, 1.54) is 0 Å². The van der Waals surface area contributed by atoms with Crippen LogP contribution in [0.3, 0.4) is 0 Å². The van der Waals surface area contributed by atoms with Crippen LogP contribution in [-0.4, -0.2) is 30.8 Å². The van der Waals surface area contributed by atoms with Gasteiger partial charge in [-0.25, -0.2) is 14.6 Å². The predicted octanol–water partition coefficient (Wildman–Crippen LogP) is 1.56. The highest BCUT2D eigenvalue weighted by molar-refractivity contribution is 5.22. The molecule has 0 bridgehead atoms. The van der Waals surface area contributed by atoms with Crippen LogP contribution in [0.5, 0.6) is 6.01 Å². The molecular weight excluding hydrogens is 256 g/mol. The van der Waals surface area contributed by atoms with Gasteiger partial charge < -0.3 is 10.5 Å². The van der Waals surface area contributed by atoms with Gasteiger partial charge in [0.25, 0.3) is 0 Å². The molecule has 2 aromatic rings. The van der Waals surface area contributed by atoms with Crippen molar-refractivity contribution < 1.29 is 4.74 Å². The van der Waals surface area contributed by atoms with Gasteiger partial charge in [-0.15, -0.1) is 5.10 Å². The van der Waals surface area contributed by atoms with Gasteiger partial charge in [0.05, 0.1) is 0 Å². The highest BCUT2D eigenvalue weighted by Gasteiger charge is 2.33. The summed E-state index contributed by atoms with van der Waals surface area (Å²) in [6.45, 7) is 4.11. The summed E-state index contributed by atoms with van der Waals surface area (Å²) < 4.78 is 7.54. The third-order valence-electron chi connectivity index (χ3n) is 3.55. The quantitative estimate of drug-likeness (QED) is 0.909. The maximum absolute atomic E-state index is 5.75. The van der Waals surface area contributed by atoms with Gasteiger partial charge >= 0.3 is 6.01 Å². The Morgan fingerprint density at radius 2 is 1.95 bits per heavy atom. The van der Waals surface area contributed by atoms with Gasteiger partial charge in [-0.3, -0.25) is 0 Å². The maximum atomic E-state index is 5.75. The Bertz CT molecular complexity index is 573. The lowest BCUT2D eigenvalue weighted by Gasteiger charge is -2.34. The summed E-state index contributed by atoms with van der Waals surface area (Å²) in [4.78, 5) is 12.2. The van der Waals surface area contributed by atoms with Crippen molar-refractivity contribution in [2.24, 2.45) is 0 Å². The van der Waals surface area contributed by atoms with E-state index in [1.54, 1.807) is 23.4 Å². The molecular formula is C13H18N6O. The van der Waals surface area contributed by atoms with Crippen LogP contribution in [0.1, 0.15) is 44.2 Å². The lowest BCUT2D eigenvalue weighted by Crippen LogP contribution is -2.32. The van der Waals surface area contributed by atoms with Gasteiger partial charge in [0.2, 0.25) is 5.95 Å². The van der Waals surface area contributed by atoms with Crippen LogP contribution in [0.15, 0.2) is 18.7 Å². The van der Waals surface area contributed by atoms with Crippen molar-refractivity contribution >= 4 is 5.95 Å². The van der Waals surface area contributed by atoms with Crippen molar-refractivity contribution in [1.29, 1.82) is 0 Å². The van der Waals surface area contributed by atoms with Crippen LogP contribution in [0.4, 0.5) is 5.95 Å². The molecule has 1 fully saturated rings. The number of anilines is 1. The highest BCUT2D eigenvalue weighted by Crippen LogP contribution is 2.38. The van der Waals surface area contributed by atoms with Gasteiger partial charge in [-0.1, -0.05) is 0 Å². The average molecular weight is 274 g/mol. The third-order valence-corrected chi connectivity index (χ3v) is 3.55. The van der Waals surface area contributed by atoms with Crippen LogP contribution in [0.25, 0.3) is 0 Å². The van der Waals surface area contributed by atoms with Gasteiger partial charge in [0.15, 0.2) is 0 Å². The summed E-state index contributed by atoms with van der Waals surface area (Å²) in [5.74, 6) is 0.747. The number of hydrogen-bond donors (Lipinski definition) is 1. The molecule has 7 heteroatoms. The van der Waals surface area contributed by atoms with E-state index in [0.29, 0.717) is 23.9 Å². The second-order valence-corrected chi connectivity index (χ2v) is 5.38. The van der Waals surface area contributed by atoms with E-state index in [2.05, 4.69) is 33.9 Å². The Kier molecular flexibility index (Phi) is 3.25. The van der Waals surface area contributed by atoms with Crippen LogP contribution in [-0.2, 0) is 0 Å². The molecule has 20 heavy (non-hydrogen) atoms. The molecule has 1 aliphatic carbocycles. The van der Waals surface area contributed by atoms with Crippen molar-refractivity contribution in [2.45, 2.75) is 44.8 Å². The Labute approximate surface area is 117 Å². The molecule has 3 rings (SSSR count). The zero-order chi connectivity index (χ0) is 14.1. The fraction of sp³-hybridized carbons (Fsp3) is 0.538. The number of nitrogen functional groups attached to an aromatic ring is 1. The van der Waals surface area contributed by atoms with Gasteiger partial charge in [-0.2, -0.15) is 4.98 Å². The molecule has 0 amide bonds. The molecule has 7 nitrogen and oxygen atoms in total. The first-order chi connectivity index (χ1) is 9.61. The van der Waals surface area contributed by atoms with E-state index in [-0.39, 0.29) is 6.10 Å². The predicted molar refractivity (Wildman–Crippen MR) is 73.2 cm³/mol. The van der Waals surface area contributed by atoms with Crippen molar-refractivity contribution in [3.63, 3.8) is 0 Å². The third kappa shape index (κ3) is 2.56. The van der Waals surface area contributed by atoms with Crippen molar-refractivity contribution in [3.05, 3.63) is 24.3 Å². The molecule has 1 saturated carbocycles. The highest BCUT2D eigenvalue weighted by atomic mass is 16.5. The lowest BCUT2D eigenvalue weighted by atomic mass is 9.78. The standard InChI is InChI=1S/C13H18N6O/c1-8(2)19-7-17-13(18-19)20-11-3-9(4-11)10-5-15-12(14)16-6-10/h5-9,11H,3-4H2,1-2H3,(H2,14,15,16). The first-order valence-electron chi connectivity index (χ1n) is 6.77. The Hall–Kier alpha value is -2.18. The van der Waals surface area contributed by atoms with Gasteiger partial charge in [0, 0.05) is 18.4 Å². The SMILES string of the molecule is CC(C)n1cnc(OC2CC(c3cnc(N)nc3)C2)n1. The number of aromatic nitrogens is 5. The first-order valence-corrected chi connectivity index (χ1v) is 6.77. The fourth-order valence-corrected chi connectivity index (χ4v) is 2.20. The minimum atomic E-state index is 0.167. The van der Waals surface area contributed by atoms with Crippen LogP contribution in [0.2, 0.25) is 0 Å². The van der Waals surface area contributed by atoms with Crippen molar-refractivity contribution in [3.8, 4) is 6.01 Å². The molecule has 2 aromatic heterocycles. The molecule has 0 saturated heterocycles. The number of nitrogens with zero attached hydrogens (tertiary/aromatic N) is 5. The monoisotopic (exact) mass is 274 g/mol. The first kappa shape index (κ1) is 12.8. The minimum absolute atomic E-state index is 0.167. The van der Waals surface area contributed by atoms with Crippen LogP contribution >= 0.6 is 0 Å². The summed E-state index contributed by atoms with van der Waals surface area (Å²) in [6, 6.07) is 0.747. The normalized spacial score (nSPS) is 21.8. The van der Waals surface area contributed by atoms with E-state index >= 15 is 0 Å². The summed E-state index contributed by atoms with van der Waals surface area (Å²) in [5, 5.41) is 4.28. The topological polar surface area (TPSA) is 91.7 Å². The molecule has 0 aliphatic heterocycles. The summed E-state index contributed by atoms with van der Waals surface area (Å²) in [5.41, 5.74) is 6.59. The Balaban J connectivity index is 1.54. The number of rotatable bonds is 4. The minimum Gasteiger partial charge on any atom is -0.459 e. The van der Waals surface area contributed by atoms with Crippen LogP contribution in [0, 0.1) is 0 Å². The van der Waals surface area contributed by atoms with E-state index in [1.807, 2.05) is 0 Å². The molecule has 2 heterocycles. The molecule has 0 aromatic carbocycles. The molecule has 0 unspecified atom stereocenters. The van der Waals surface area contributed by atoms with E-state index in [9.17, 15) is 0 Å².